The lowest BCUT2D eigenvalue weighted by Crippen LogP contribution is -2.47. The van der Waals surface area contributed by atoms with E-state index in [9.17, 15) is 4.79 Å². The molecule has 1 fully saturated rings. The molecule has 0 N–H and O–H groups in total. The summed E-state index contributed by atoms with van der Waals surface area (Å²) in [6, 6.07) is 16.5. The maximum atomic E-state index is 13.0. The van der Waals surface area contributed by atoms with Crippen LogP contribution in [0.3, 0.4) is 0 Å². The Labute approximate surface area is 194 Å². The largest absolute Gasteiger partial charge is 0.368 e. The number of ketones is 1. The van der Waals surface area contributed by atoms with Gasteiger partial charge in [-0.25, -0.2) is 9.97 Å². The minimum atomic E-state index is 0.159. The Bertz CT molecular complexity index is 1150. The van der Waals surface area contributed by atoms with E-state index in [4.69, 9.17) is 21.6 Å². The van der Waals surface area contributed by atoms with E-state index in [0.717, 1.165) is 66.2 Å². The van der Waals surface area contributed by atoms with Crippen molar-refractivity contribution in [1.29, 1.82) is 0 Å². The van der Waals surface area contributed by atoms with Crippen LogP contribution in [-0.4, -0.2) is 41.9 Å². The summed E-state index contributed by atoms with van der Waals surface area (Å²) in [5.41, 5.74) is 6.01. The molecule has 32 heavy (non-hydrogen) atoms. The number of nitrogens with zero attached hydrogens (tertiary/aromatic N) is 4. The van der Waals surface area contributed by atoms with Gasteiger partial charge in [-0.05, 0) is 49.9 Å². The number of benzene rings is 2. The summed E-state index contributed by atoms with van der Waals surface area (Å²) >= 11 is 6.16. The van der Waals surface area contributed by atoms with Crippen LogP contribution in [0.5, 0.6) is 0 Å². The van der Waals surface area contributed by atoms with Crippen LogP contribution in [0.15, 0.2) is 48.5 Å². The zero-order valence-corrected chi connectivity index (χ0v) is 19.3. The van der Waals surface area contributed by atoms with Crippen LogP contribution >= 0.6 is 11.6 Å². The number of anilines is 2. The lowest BCUT2D eigenvalue weighted by Gasteiger charge is -2.36. The van der Waals surface area contributed by atoms with Crippen LogP contribution in [0.2, 0.25) is 5.02 Å². The van der Waals surface area contributed by atoms with Crippen molar-refractivity contribution in [2.45, 2.75) is 32.6 Å². The number of piperazine rings is 1. The number of Topliss-reactive ketones (excluding diaryl/α,β-unsaturated/α-hetero) is 1. The van der Waals surface area contributed by atoms with Crippen molar-refractivity contribution in [2.75, 3.05) is 36.0 Å². The van der Waals surface area contributed by atoms with E-state index >= 15 is 0 Å². The second kappa shape index (κ2) is 8.55. The fourth-order valence-electron chi connectivity index (χ4n) is 4.81. The van der Waals surface area contributed by atoms with Crippen LogP contribution in [0, 0.1) is 13.8 Å². The molecule has 6 heteroatoms. The zero-order valence-electron chi connectivity index (χ0n) is 18.5. The van der Waals surface area contributed by atoms with E-state index in [0.29, 0.717) is 6.42 Å². The SMILES string of the molecule is Cc1ccc([C@@H]2CC(=O)c3c(C)nc(N4CCN(c5cccc(Cl)c5)CC4)nc3C2)cc1. The molecule has 2 heterocycles. The van der Waals surface area contributed by atoms with Crippen LogP contribution in [0.4, 0.5) is 11.6 Å². The van der Waals surface area contributed by atoms with Gasteiger partial charge in [0, 0.05) is 43.3 Å². The summed E-state index contributed by atoms with van der Waals surface area (Å²) in [5, 5.41) is 0.756. The highest BCUT2D eigenvalue weighted by Gasteiger charge is 2.31. The van der Waals surface area contributed by atoms with E-state index in [1.54, 1.807) is 0 Å². The van der Waals surface area contributed by atoms with E-state index in [1.165, 1.54) is 11.1 Å². The Morgan fingerprint density at radius 2 is 1.62 bits per heavy atom. The number of aromatic nitrogens is 2. The first-order valence-corrected chi connectivity index (χ1v) is 11.6. The molecule has 0 saturated carbocycles. The topological polar surface area (TPSA) is 49.3 Å². The van der Waals surface area contributed by atoms with Crippen molar-refractivity contribution in [3.05, 3.63) is 81.6 Å². The number of hydrogen-bond acceptors (Lipinski definition) is 5. The number of rotatable bonds is 3. The Kier molecular flexibility index (Phi) is 5.60. The zero-order chi connectivity index (χ0) is 22.2. The standard InChI is InChI=1S/C26H27ClN4O/c1-17-6-8-19(9-7-17)20-14-23-25(24(32)15-20)18(2)28-26(29-23)31-12-10-30(11-13-31)22-5-3-4-21(27)16-22/h3-9,16,20H,10-15H2,1-2H3/t20-/m0/s1. The molecule has 0 unspecified atom stereocenters. The summed E-state index contributed by atoms with van der Waals surface area (Å²) in [6.45, 7) is 7.45. The van der Waals surface area contributed by atoms with Gasteiger partial charge in [0.15, 0.2) is 5.78 Å². The predicted octanol–water partition coefficient (Wildman–Crippen LogP) is 4.99. The summed E-state index contributed by atoms with van der Waals surface area (Å²) < 4.78 is 0. The molecule has 1 saturated heterocycles. The van der Waals surface area contributed by atoms with Gasteiger partial charge in [-0.1, -0.05) is 47.5 Å². The number of hydrogen-bond donors (Lipinski definition) is 0. The van der Waals surface area contributed by atoms with Crippen molar-refractivity contribution in [2.24, 2.45) is 0 Å². The first kappa shape index (κ1) is 21.0. The molecule has 1 aliphatic carbocycles. The number of halogens is 1. The fourth-order valence-corrected chi connectivity index (χ4v) is 5.00. The molecule has 164 valence electrons. The maximum Gasteiger partial charge on any atom is 0.225 e. The average Bonchev–Trinajstić information content (AvgIpc) is 2.79. The van der Waals surface area contributed by atoms with E-state index in [1.807, 2.05) is 25.1 Å². The highest BCUT2D eigenvalue weighted by atomic mass is 35.5. The molecular formula is C26H27ClN4O. The lowest BCUT2D eigenvalue weighted by molar-refractivity contribution is 0.0962. The molecule has 3 aromatic rings. The van der Waals surface area contributed by atoms with Gasteiger partial charge in [0.05, 0.1) is 17.0 Å². The number of carbonyl (C=O) groups excluding carboxylic acids is 1. The summed E-state index contributed by atoms with van der Waals surface area (Å²) in [5.74, 6) is 1.08. The Morgan fingerprint density at radius 1 is 0.906 bits per heavy atom. The summed E-state index contributed by atoms with van der Waals surface area (Å²) in [6.07, 6.45) is 1.31. The molecule has 0 amide bonds. The fraction of sp³-hybridized carbons (Fsp3) is 0.346. The minimum Gasteiger partial charge on any atom is -0.368 e. The van der Waals surface area contributed by atoms with Crippen LogP contribution < -0.4 is 9.80 Å². The second-order valence-corrected chi connectivity index (χ2v) is 9.26. The highest BCUT2D eigenvalue weighted by molar-refractivity contribution is 6.30. The van der Waals surface area contributed by atoms with Gasteiger partial charge in [0.25, 0.3) is 0 Å². The van der Waals surface area contributed by atoms with Crippen molar-refractivity contribution < 1.29 is 4.79 Å². The van der Waals surface area contributed by atoms with Crippen LogP contribution in [-0.2, 0) is 6.42 Å². The molecule has 1 aromatic heterocycles. The number of fused-ring (bicyclic) bond motifs is 1. The molecule has 1 aliphatic heterocycles. The smallest absolute Gasteiger partial charge is 0.225 e. The lowest BCUT2D eigenvalue weighted by atomic mass is 9.81. The van der Waals surface area contributed by atoms with Crippen molar-refractivity contribution in [3.63, 3.8) is 0 Å². The predicted molar refractivity (Wildman–Crippen MR) is 129 cm³/mol. The number of aryl methyl sites for hydroxylation is 2. The van der Waals surface area contributed by atoms with Gasteiger partial charge < -0.3 is 9.80 Å². The molecule has 5 nitrogen and oxygen atoms in total. The first-order chi connectivity index (χ1) is 15.5. The maximum absolute atomic E-state index is 13.0. The Balaban J connectivity index is 1.36. The van der Waals surface area contributed by atoms with Crippen LogP contribution in [0.25, 0.3) is 0 Å². The highest BCUT2D eigenvalue weighted by Crippen LogP contribution is 2.34. The first-order valence-electron chi connectivity index (χ1n) is 11.2. The number of carbonyl (C=O) groups is 1. The average molecular weight is 447 g/mol. The third kappa shape index (κ3) is 4.09. The molecular weight excluding hydrogens is 420 g/mol. The third-order valence-corrected chi connectivity index (χ3v) is 6.82. The van der Waals surface area contributed by atoms with E-state index in [-0.39, 0.29) is 11.7 Å². The normalized spacial score (nSPS) is 18.6. The van der Waals surface area contributed by atoms with Gasteiger partial charge in [0.1, 0.15) is 0 Å². The van der Waals surface area contributed by atoms with Crippen molar-refractivity contribution in [3.8, 4) is 0 Å². The van der Waals surface area contributed by atoms with Crippen molar-refractivity contribution in [1.82, 2.24) is 9.97 Å². The molecule has 5 rings (SSSR count). The van der Waals surface area contributed by atoms with E-state index < -0.39 is 0 Å². The third-order valence-electron chi connectivity index (χ3n) is 6.59. The molecule has 0 spiro atoms. The van der Waals surface area contributed by atoms with Crippen molar-refractivity contribution >= 4 is 29.0 Å². The van der Waals surface area contributed by atoms with Crippen LogP contribution in [0.1, 0.15) is 45.2 Å². The quantitative estimate of drug-likeness (QED) is 0.567. The van der Waals surface area contributed by atoms with Gasteiger partial charge in [-0.2, -0.15) is 0 Å². The Hall–Kier alpha value is -2.92. The minimum absolute atomic E-state index is 0.159. The molecule has 2 aliphatic rings. The molecule has 1 atom stereocenters. The summed E-state index contributed by atoms with van der Waals surface area (Å²) in [4.78, 5) is 27.2. The summed E-state index contributed by atoms with van der Waals surface area (Å²) in [7, 11) is 0. The monoisotopic (exact) mass is 446 g/mol. The van der Waals surface area contributed by atoms with E-state index in [2.05, 4.69) is 47.1 Å². The van der Waals surface area contributed by atoms with Gasteiger partial charge in [-0.15, -0.1) is 0 Å². The molecule has 0 radical (unpaired) electrons. The van der Waals surface area contributed by atoms with Gasteiger partial charge in [-0.3, -0.25) is 4.79 Å². The van der Waals surface area contributed by atoms with Gasteiger partial charge >= 0.3 is 0 Å². The second-order valence-electron chi connectivity index (χ2n) is 8.82. The van der Waals surface area contributed by atoms with Gasteiger partial charge in [0.2, 0.25) is 5.95 Å². The molecule has 0 bridgehead atoms. The molecule has 2 aromatic carbocycles. The Morgan fingerprint density at radius 3 is 2.34 bits per heavy atom.